The lowest BCUT2D eigenvalue weighted by Gasteiger charge is -2.45. The van der Waals surface area contributed by atoms with Gasteiger partial charge in [0.1, 0.15) is 0 Å². The van der Waals surface area contributed by atoms with Crippen LogP contribution in [0.3, 0.4) is 0 Å². The molecule has 1 aliphatic rings. The summed E-state index contributed by atoms with van der Waals surface area (Å²) in [5.41, 5.74) is 1.57. The molecule has 0 spiro atoms. The monoisotopic (exact) mass is 276 g/mol. The SMILES string of the molecule is C=CC[C@@H]1CC=C(C)[C@@H](C[C@@H](C=C)CC(=O)O)C1(C)C. The molecule has 0 aliphatic heterocycles. The van der Waals surface area contributed by atoms with Gasteiger partial charge < -0.3 is 5.11 Å². The van der Waals surface area contributed by atoms with Crippen LogP contribution in [0.2, 0.25) is 0 Å². The maximum atomic E-state index is 10.9. The topological polar surface area (TPSA) is 37.3 Å². The van der Waals surface area contributed by atoms with E-state index < -0.39 is 5.97 Å². The van der Waals surface area contributed by atoms with Crippen molar-refractivity contribution in [2.24, 2.45) is 23.2 Å². The minimum atomic E-state index is -0.743. The molecule has 3 atom stereocenters. The van der Waals surface area contributed by atoms with Gasteiger partial charge in [-0.1, -0.05) is 37.6 Å². The van der Waals surface area contributed by atoms with Crippen LogP contribution in [0, 0.1) is 23.2 Å². The van der Waals surface area contributed by atoms with Crippen LogP contribution >= 0.6 is 0 Å². The predicted molar refractivity (Wildman–Crippen MR) is 84.5 cm³/mol. The van der Waals surface area contributed by atoms with Crippen LogP contribution in [-0.2, 0) is 4.79 Å². The highest BCUT2D eigenvalue weighted by molar-refractivity contribution is 5.67. The maximum absolute atomic E-state index is 10.9. The second kappa shape index (κ2) is 6.92. The first kappa shape index (κ1) is 16.7. The summed E-state index contributed by atoms with van der Waals surface area (Å²) in [4.78, 5) is 10.9. The molecule has 1 rings (SSSR count). The molecular weight excluding hydrogens is 248 g/mol. The molecule has 0 fully saturated rings. The van der Waals surface area contributed by atoms with E-state index in [9.17, 15) is 4.79 Å². The third kappa shape index (κ3) is 3.84. The number of carbonyl (C=O) groups is 1. The smallest absolute Gasteiger partial charge is 0.303 e. The van der Waals surface area contributed by atoms with E-state index in [2.05, 4.69) is 40.0 Å². The molecule has 0 amide bonds. The van der Waals surface area contributed by atoms with Crippen LogP contribution in [0.25, 0.3) is 0 Å². The Hall–Kier alpha value is -1.31. The molecular formula is C18H28O2. The van der Waals surface area contributed by atoms with Gasteiger partial charge in [-0.3, -0.25) is 4.79 Å². The second-order valence-electron chi connectivity index (χ2n) is 6.61. The van der Waals surface area contributed by atoms with Crippen molar-refractivity contribution in [3.63, 3.8) is 0 Å². The van der Waals surface area contributed by atoms with E-state index in [-0.39, 0.29) is 17.8 Å². The summed E-state index contributed by atoms with van der Waals surface area (Å²) in [6.45, 7) is 14.5. The molecule has 0 aromatic heterocycles. The largest absolute Gasteiger partial charge is 0.481 e. The molecule has 0 radical (unpaired) electrons. The van der Waals surface area contributed by atoms with Crippen LogP contribution in [0.5, 0.6) is 0 Å². The Kier molecular flexibility index (Phi) is 5.79. The van der Waals surface area contributed by atoms with E-state index in [1.54, 1.807) is 6.08 Å². The zero-order chi connectivity index (χ0) is 15.3. The van der Waals surface area contributed by atoms with E-state index in [0.29, 0.717) is 11.8 Å². The van der Waals surface area contributed by atoms with Gasteiger partial charge in [0.15, 0.2) is 0 Å². The number of carboxylic acid groups (broad SMARTS) is 1. The lowest BCUT2D eigenvalue weighted by molar-refractivity contribution is -0.137. The Bertz CT molecular complexity index is 404. The van der Waals surface area contributed by atoms with Crippen LogP contribution in [0.15, 0.2) is 37.0 Å². The number of hydrogen-bond acceptors (Lipinski definition) is 1. The van der Waals surface area contributed by atoms with E-state index >= 15 is 0 Å². The molecule has 2 heteroatoms. The Labute approximate surface area is 123 Å². The van der Waals surface area contributed by atoms with Crippen molar-refractivity contribution in [1.82, 2.24) is 0 Å². The van der Waals surface area contributed by atoms with Gasteiger partial charge in [0.25, 0.3) is 0 Å². The first-order valence-corrected chi connectivity index (χ1v) is 7.44. The minimum absolute atomic E-state index is 0.0441. The highest BCUT2D eigenvalue weighted by atomic mass is 16.4. The average molecular weight is 276 g/mol. The minimum Gasteiger partial charge on any atom is -0.481 e. The molecule has 0 unspecified atom stereocenters. The fourth-order valence-corrected chi connectivity index (χ4v) is 3.53. The summed E-state index contributed by atoms with van der Waals surface area (Å²) in [5, 5.41) is 9.00. The zero-order valence-corrected chi connectivity index (χ0v) is 13.1. The van der Waals surface area contributed by atoms with E-state index in [0.717, 1.165) is 19.3 Å². The van der Waals surface area contributed by atoms with Crippen molar-refractivity contribution >= 4 is 5.97 Å². The van der Waals surface area contributed by atoms with Crippen LogP contribution in [0.4, 0.5) is 0 Å². The lowest BCUT2D eigenvalue weighted by atomic mass is 9.59. The summed E-state index contributed by atoms with van der Waals surface area (Å²) in [6, 6.07) is 0. The normalized spacial score (nSPS) is 26.4. The fourth-order valence-electron chi connectivity index (χ4n) is 3.53. The summed E-state index contributed by atoms with van der Waals surface area (Å²) in [7, 11) is 0. The highest BCUT2D eigenvalue weighted by Crippen LogP contribution is 2.49. The lowest BCUT2D eigenvalue weighted by Crippen LogP contribution is -2.37. The molecule has 0 saturated heterocycles. The van der Waals surface area contributed by atoms with Crippen LogP contribution in [-0.4, -0.2) is 11.1 Å². The van der Waals surface area contributed by atoms with Crippen molar-refractivity contribution < 1.29 is 9.90 Å². The molecule has 0 heterocycles. The van der Waals surface area contributed by atoms with Crippen molar-refractivity contribution in [2.45, 2.75) is 46.5 Å². The number of carboxylic acids is 1. The average Bonchev–Trinajstić information content (AvgIpc) is 2.36. The van der Waals surface area contributed by atoms with Gasteiger partial charge in [-0.2, -0.15) is 0 Å². The molecule has 20 heavy (non-hydrogen) atoms. The Morgan fingerprint density at radius 3 is 2.70 bits per heavy atom. The van der Waals surface area contributed by atoms with E-state index in [4.69, 9.17) is 5.11 Å². The van der Waals surface area contributed by atoms with Crippen molar-refractivity contribution in [1.29, 1.82) is 0 Å². The fraction of sp³-hybridized carbons (Fsp3) is 0.611. The quantitative estimate of drug-likeness (QED) is 0.676. The number of aliphatic carboxylic acids is 1. The van der Waals surface area contributed by atoms with E-state index in [1.165, 1.54) is 5.57 Å². The van der Waals surface area contributed by atoms with Gasteiger partial charge in [-0.05, 0) is 49.4 Å². The number of hydrogen-bond donors (Lipinski definition) is 1. The Morgan fingerprint density at radius 1 is 1.55 bits per heavy atom. The van der Waals surface area contributed by atoms with Gasteiger partial charge in [0.2, 0.25) is 0 Å². The van der Waals surface area contributed by atoms with Crippen molar-refractivity contribution in [3.8, 4) is 0 Å². The molecule has 1 N–H and O–H groups in total. The summed E-state index contributed by atoms with van der Waals surface area (Å²) in [6.07, 6.45) is 9.29. The second-order valence-corrected chi connectivity index (χ2v) is 6.61. The van der Waals surface area contributed by atoms with Gasteiger partial charge in [0.05, 0.1) is 6.42 Å². The predicted octanol–water partition coefficient (Wildman–Crippen LogP) is 4.84. The Balaban J connectivity index is 2.91. The molecule has 0 aromatic rings. The van der Waals surface area contributed by atoms with Crippen molar-refractivity contribution in [2.75, 3.05) is 0 Å². The molecule has 0 saturated carbocycles. The number of rotatable bonds is 7. The molecule has 2 nitrogen and oxygen atoms in total. The Morgan fingerprint density at radius 2 is 2.20 bits per heavy atom. The van der Waals surface area contributed by atoms with Gasteiger partial charge >= 0.3 is 5.97 Å². The standard InChI is InChI=1S/C18H28O2/c1-6-8-15-10-9-13(3)16(18(15,4)5)11-14(7-2)12-17(19)20/h6-7,9,14-16H,1-2,8,10-12H2,3-5H3,(H,19,20)/t14-,15-,16-/m1/s1. The first-order valence-electron chi connectivity index (χ1n) is 7.44. The van der Waals surface area contributed by atoms with Crippen molar-refractivity contribution in [3.05, 3.63) is 37.0 Å². The van der Waals surface area contributed by atoms with Gasteiger partial charge in [-0.25, -0.2) is 0 Å². The highest BCUT2D eigenvalue weighted by Gasteiger charge is 2.40. The van der Waals surface area contributed by atoms with Gasteiger partial charge in [-0.15, -0.1) is 13.2 Å². The molecule has 1 aliphatic carbocycles. The summed E-state index contributed by atoms with van der Waals surface area (Å²) in [5.74, 6) is 0.308. The van der Waals surface area contributed by atoms with Crippen LogP contribution < -0.4 is 0 Å². The first-order chi connectivity index (χ1) is 9.32. The number of allylic oxidation sites excluding steroid dienone is 4. The molecule has 0 bridgehead atoms. The van der Waals surface area contributed by atoms with Gasteiger partial charge in [0, 0.05) is 0 Å². The molecule has 112 valence electrons. The third-order valence-corrected chi connectivity index (χ3v) is 4.98. The molecule has 0 aromatic carbocycles. The van der Waals surface area contributed by atoms with E-state index in [1.807, 2.05) is 6.08 Å². The summed E-state index contributed by atoms with van der Waals surface area (Å²) < 4.78 is 0. The maximum Gasteiger partial charge on any atom is 0.303 e. The third-order valence-electron chi connectivity index (χ3n) is 4.98. The zero-order valence-electron chi connectivity index (χ0n) is 13.1. The summed E-state index contributed by atoms with van der Waals surface area (Å²) >= 11 is 0. The van der Waals surface area contributed by atoms with Crippen LogP contribution in [0.1, 0.15) is 46.5 Å².